The molecule has 0 N–H and O–H groups in total. The average Bonchev–Trinajstić information content (AvgIpc) is 2.79. The van der Waals surface area contributed by atoms with E-state index in [1.165, 1.54) is 77.2 Å². The van der Waals surface area contributed by atoms with Crippen molar-refractivity contribution in [3.05, 3.63) is 23.4 Å². The second-order valence-corrected chi connectivity index (χ2v) is 9.42. The van der Waals surface area contributed by atoms with Gasteiger partial charge in [0.2, 0.25) is 0 Å². The number of nitrogens with zero attached hydrogens (tertiary/aromatic N) is 1. The summed E-state index contributed by atoms with van der Waals surface area (Å²) in [7, 11) is 0. The highest BCUT2D eigenvalue weighted by Crippen LogP contribution is 2.53. The van der Waals surface area contributed by atoms with Gasteiger partial charge in [-0.15, -0.1) is 0 Å². The summed E-state index contributed by atoms with van der Waals surface area (Å²) in [6.07, 6.45) is 20.1. The van der Waals surface area contributed by atoms with Crippen molar-refractivity contribution in [3.8, 4) is 0 Å². The van der Waals surface area contributed by atoms with Crippen LogP contribution in [0.25, 0.3) is 0 Å². The van der Waals surface area contributed by atoms with E-state index in [0.717, 1.165) is 5.92 Å². The van der Waals surface area contributed by atoms with Crippen LogP contribution < -0.4 is 0 Å². The SMILES string of the molecule is CCCC1=C(N2CC3(CCCCC3)CC2(C)C)C(CCC)CC=C1. The van der Waals surface area contributed by atoms with Crippen molar-refractivity contribution in [1.82, 2.24) is 4.90 Å². The third-order valence-corrected chi connectivity index (χ3v) is 6.85. The summed E-state index contributed by atoms with van der Waals surface area (Å²) in [5.41, 5.74) is 4.35. The Labute approximate surface area is 150 Å². The Morgan fingerprint density at radius 3 is 2.50 bits per heavy atom. The molecule has 3 aliphatic rings. The molecule has 0 aromatic carbocycles. The van der Waals surface area contributed by atoms with Gasteiger partial charge < -0.3 is 4.90 Å². The molecule has 1 saturated carbocycles. The Balaban J connectivity index is 1.94. The van der Waals surface area contributed by atoms with Gasteiger partial charge in [0, 0.05) is 23.7 Å². The van der Waals surface area contributed by atoms with Crippen LogP contribution in [0.3, 0.4) is 0 Å². The minimum atomic E-state index is 0.336. The van der Waals surface area contributed by atoms with E-state index in [1.54, 1.807) is 11.3 Å². The van der Waals surface area contributed by atoms with E-state index in [2.05, 4.69) is 44.7 Å². The fourth-order valence-corrected chi connectivity index (χ4v) is 5.98. The highest BCUT2D eigenvalue weighted by Gasteiger charge is 2.50. The molecule has 1 heteroatoms. The van der Waals surface area contributed by atoms with Gasteiger partial charge in [0.25, 0.3) is 0 Å². The molecule has 2 fully saturated rings. The summed E-state index contributed by atoms with van der Waals surface area (Å²) >= 11 is 0. The van der Waals surface area contributed by atoms with Crippen molar-refractivity contribution in [3.63, 3.8) is 0 Å². The van der Waals surface area contributed by atoms with Crippen LogP contribution in [0.15, 0.2) is 23.4 Å². The van der Waals surface area contributed by atoms with Crippen molar-refractivity contribution in [2.75, 3.05) is 6.54 Å². The predicted octanol–water partition coefficient (Wildman–Crippen LogP) is 6.85. The van der Waals surface area contributed by atoms with Crippen LogP contribution in [0.4, 0.5) is 0 Å². The van der Waals surface area contributed by atoms with Gasteiger partial charge >= 0.3 is 0 Å². The van der Waals surface area contributed by atoms with E-state index in [-0.39, 0.29) is 0 Å². The van der Waals surface area contributed by atoms with Crippen LogP contribution in [0.5, 0.6) is 0 Å². The molecule has 1 aliphatic heterocycles. The summed E-state index contributed by atoms with van der Waals surface area (Å²) in [5.74, 6) is 0.763. The molecule has 1 unspecified atom stereocenters. The Bertz CT molecular complexity index is 490. The molecule has 136 valence electrons. The molecule has 0 amide bonds. The van der Waals surface area contributed by atoms with E-state index >= 15 is 0 Å². The van der Waals surface area contributed by atoms with Crippen LogP contribution in [-0.4, -0.2) is 17.0 Å². The first-order valence-electron chi connectivity index (χ1n) is 10.7. The highest BCUT2D eigenvalue weighted by atomic mass is 15.2. The lowest BCUT2D eigenvalue weighted by atomic mass is 9.71. The summed E-state index contributed by atoms with van der Waals surface area (Å²) < 4.78 is 0. The van der Waals surface area contributed by atoms with Gasteiger partial charge in [-0.05, 0) is 63.4 Å². The van der Waals surface area contributed by atoms with E-state index in [1.807, 2.05) is 0 Å². The second kappa shape index (κ2) is 7.26. The van der Waals surface area contributed by atoms with Gasteiger partial charge in [0.05, 0.1) is 0 Å². The number of rotatable bonds is 5. The molecule has 0 aromatic heterocycles. The highest BCUT2D eigenvalue weighted by molar-refractivity contribution is 5.33. The molecular weight excluding hydrogens is 290 g/mol. The topological polar surface area (TPSA) is 3.24 Å². The van der Waals surface area contributed by atoms with Crippen LogP contribution in [0, 0.1) is 11.3 Å². The zero-order chi connectivity index (χ0) is 17.2. The van der Waals surface area contributed by atoms with Gasteiger partial charge in [-0.1, -0.05) is 58.1 Å². The maximum absolute atomic E-state index is 2.90. The molecule has 1 saturated heterocycles. The molecule has 0 bridgehead atoms. The van der Waals surface area contributed by atoms with E-state index in [9.17, 15) is 0 Å². The summed E-state index contributed by atoms with van der Waals surface area (Å²) in [6, 6.07) is 0. The van der Waals surface area contributed by atoms with E-state index in [4.69, 9.17) is 0 Å². The zero-order valence-electron chi connectivity index (χ0n) is 16.7. The second-order valence-electron chi connectivity index (χ2n) is 9.42. The van der Waals surface area contributed by atoms with Crippen LogP contribution in [0.1, 0.15) is 98.3 Å². The maximum atomic E-state index is 2.90. The fraction of sp³-hybridized carbons (Fsp3) is 0.826. The van der Waals surface area contributed by atoms with Crippen molar-refractivity contribution < 1.29 is 0 Å². The van der Waals surface area contributed by atoms with Gasteiger partial charge in [-0.3, -0.25) is 0 Å². The zero-order valence-corrected chi connectivity index (χ0v) is 16.7. The summed E-state index contributed by atoms with van der Waals surface area (Å²) in [4.78, 5) is 2.90. The average molecular weight is 330 g/mol. The quantitative estimate of drug-likeness (QED) is 0.533. The standard InChI is InChI=1S/C23H39N/c1-5-11-19-13-10-14-20(12-6-2)21(19)24-18-23(17-22(24,3)4)15-8-7-9-16-23/h10,13,20H,5-9,11-12,14-18H2,1-4H3. The first-order valence-corrected chi connectivity index (χ1v) is 10.7. The summed E-state index contributed by atoms with van der Waals surface area (Å²) in [5, 5.41) is 0. The predicted molar refractivity (Wildman–Crippen MR) is 105 cm³/mol. The fourth-order valence-electron chi connectivity index (χ4n) is 5.98. The minimum absolute atomic E-state index is 0.336. The molecule has 1 nitrogen and oxygen atoms in total. The van der Waals surface area contributed by atoms with Crippen molar-refractivity contribution >= 4 is 0 Å². The molecule has 3 rings (SSSR count). The largest absolute Gasteiger partial charge is 0.369 e. The van der Waals surface area contributed by atoms with Gasteiger partial charge in [0.1, 0.15) is 0 Å². The molecule has 1 atom stereocenters. The molecule has 2 aliphatic carbocycles. The van der Waals surface area contributed by atoms with Crippen LogP contribution >= 0.6 is 0 Å². The molecular formula is C23H39N. The summed E-state index contributed by atoms with van der Waals surface area (Å²) in [6.45, 7) is 11.1. The lowest BCUT2D eigenvalue weighted by Crippen LogP contribution is -2.41. The Kier molecular flexibility index (Phi) is 5.47. The minimum Gasteiger partial charge on any atom is -0.369 e. The lowest BCUT2D eigenvalue weighted by molar-refractivity contribution is 0.183. The van der Waals surface area contributed by atoms with Crippen molar-refractivity contribution in [1.29, 1.82) is 0 Å². The molecule has 0 aromatic rings. The number of hydrogen-bond donors (Lipinski definition) is 0. The van der Waals surface area contributed by atoms with Crippen molar-refractivity contribution in [2.24, 2.45) is 11.3 Å². The Morgan fingerprint density at radius 2 is 1.83 bits per heavy atom. The third kappa shape index (κ3) is 3.46. The smallest absolute Gasteiger partial charge is 0.0349 e. The Hall–Kier alpha value is -0.720. The van der Waals surface area contributed by atoms with Crippen LogP contribution in [-0.2, 0) is 0 Å². The normalized spacial score (nSPS) is 28.8. The van der Waals surface area contributed by atoms with Crippen LogP contribution in [0.2, 0.25) is 0 Å². The Morgan fingerprint density at radius 1 is 1.08 bits per heavy atom. The van der Waals surface area contributed by atoms with Gasteiger partial charge in [0.15, 0.2) is 0 Å². The monoisotopic (exact) mass is 329 g/mol. The lowest BCUT2D eigenvalue weighted by Gasteiger charge is -2.41. The third-order valence-electron chi connectivity index (χ3n) is 6.85. The van der Waals surface area contributed by atoms with Crippen molar-refractivity contribution in [2.45, 2.75) is 104 Å². The van der Waals surface area contributed by atoms with E-state index in [0.29, 0.717) is 11.0 Å². The molecule has 24 heavy (non-hydrogen) atoms. The van der Waals surface area contributed by atoms with Gasteiger partial charge in [-0.2, -0.15) is 0 Å². The molecule has 0 radical (unpaired) electrons. The molecule has 1 spiro atoms. The number of allylic oxidation sites excluding steroid dienone is 4. The first-order chi connectivity index (χ1) is 11.5. The first kappa shape index (κ1) is 18.1. The van der Waals surface area contributed by atoms with Gasteiger partial charge in [-0.25, -0.2) is 0 Å². The molecule has 1 heterocycles. The number of hydrogen-bond acceptors (Lipinski definition) is 1. The number of likely N-dealkylation sites (tertiary alicyclic amines) is 1. The maximum Gasteiger partial charge on any atom is 0.0349 e. The van der Waals surface area contributed by atoms with E-state index < -0.39 is 0 Å².